The van der Waals surface area contributed by atoms with E-state index in [1.165, 1.54) is 0 Å². The lowest BCUT2D eigenvalue weighted by atomic mass is 9.94. The van der Waals surface area contributed by atoms with Crippen LogP contribution in [0.1, 0.15) is 25.6 Å². The zero-order valence-corrected chi connectivity index (χ0v) is 9.73. The SMILES string of the molecule is CC(C)(C)c1scc2c(=O)[nH]c(N)nc12. The van der Waals surface area contributed by atoms with Crippen molar-refractivity contribution in [1.29, 1.82) is 0 Å². The lowest BCUT2D eigenvalue weighted by Crippen LogP contribution is -2.13. The Morgan fingerprint density at radius 3 is 2.73 bits per heavy atom. The van der Waals surface area contributed by atoms with Crippen molar-refractivity contribution in [1.82, 2.24) is 9.97 Å². The fourth-order valence-corrected chi connectivity index (χ4v) is 2.56. The molecule has 0 saturated carbocycles. The minimum atomic E-state index is -0.163. The second-order valence-electron chi connectivity index (χ2n) is 4.53. The first-order chi connectivity index (χ1) is 6.89. The zero-order chi connectivity index (χ0) is 11.2. The molecule has 2 aromatic heterocycles. The fraction of sp³-hybridized carbons (Fsp3) is 0.400. The molecule has 0 radical (unpaired) electrons. The predicted molar refractivity (Wildman–Crippen MR) is 63.4 cm³/mol. The van der Waals surface area contributed by atoms with Gasteiger partial charge in [0, 0.05) is 10.3 Å². The third kappa shape index (κ3) is 1.63. The molecule has 2 rings (SSSR count). The number of nitrogens with two attached hydrogens (primary N) is 1. The molecule has 0 spiro atoms. The van der Waals surface area contributed by atoms with E-state index in [1.54, 1.807) is 11.3 Å². The Morgan fingerprint density at radius 1 is 1.47 bits per heavy atom. The summed E-state index contributed by atoms with van der Waals surface area (Å²) in [5.74, 6) is 0.177. The molecule has 0 saturated heterocycles. The number of hydrogen-bond donors (Lipinski definition) is 2. The maximum Gasteiger partial charge on any atom is 0.261 e. The summed E-state index contributed by atoms with van der Waals surface area (Å²) < 4.78 is 0. The number of rotatable bonds is 0. The third-order valence-corrected chi connectivity index (χ3v) is 3.56. The molecule has 3 N–H and O–H groups in total. The van der Waals surface area contributed by atoms with Gasteiger partial charge in [0.25, 0.3) is 5.56 Å². The Labute approximate surface area is 91.2 Å². The monoisotopic (exact) mass is 223 g/mol. The van der Waals surface area contributed by atoms with Crippen LogP contribution in [-0.4, -0.2) is 9.97 Å². The zero-order valence-electron chi connectivity index (χ0n) is 8.92. The maximum absolute atomic E-state index is 11.6. The van der Waals surface area contributed by atoms with E-state index >= 15 is 0 Å². The van der Waals surface area contributed by atoms with E-state index in [2.05, 4.69) is 30.7 Å². The van der Waals surface area contributed by atoms with Crippen LogP contribution >= 0.6 is 11.3 Å². The highest BCUT2D eigenvalue weighted by atomic mass is 32.1. The van der Waals surface area contributed by atoms with Crippen molar-refractivity contribution in [3.63, 3.8) is 0 Å². The van der Waals surface area contributed by atoms with Gasteiger partial charge in [0.1, 0.15) is 0 Å². The Bertz CT molecular complexity index is 562. The molecular weight excluding hydrogens is 210 g/mol. The summed E-state index contributed by atoms with van der Waals surface area (Å²) in [6.07, 6.45) is 0. The van der Waals surface area contributed by atoms with Gasteiger partial charge >= 0.3 is 0 Å². The number of anilines is 1. The van der Waals surface area contributed by atoms with Crippen molar-refractivity contribution in [3.8, 4) is 0 Å². The Hall–Kier alpha value is -1.36. The quantitative estimate of drug-likeness (QED) is 0.716. The van der Waals surface area contributed by atoms with Crippen LogP contribution in [-0.2, 0) is 5.41 Å². The van der Waals surface area contributed by atoms with E-state index in [0.29, 0.717) is 5.39 Å². The van der Waals surface area contributed by atoms with E-state index in [9.17, 15) is 4.79 Å². The van der Waals surface area contributed by atoms with E-state index in [0.717, 1.165) is 10.4 Å². The van der Waals surface area contributed by atoms with Crippen LogP contribution < -0.4 is 11.3 Å². The van der Waals surface area contributed by atoms with Crippen LogP contribution in [0.25, 0.3) is 10.9 Å². The van der Waals surface area contributed by atoms with Crippen LogP contribution in [0.3, 0.4) is 0 Å². The molecule has 0 bridgehead atoms. The molecule has 0 amide bonds. The lowest BCUT2D eigenvalue weighted by Gasteiger charge is -2.16. The Morgan fingerprint density at radius 2 is 2.13 bits per heavy atom. The van der Waals surface area contributed by atoms with Crippen molar-refractivity contribution in [3.05, 3.63) is 20.6 Å². The Balaban J connectivity index is 2.86. The van der Waals surface area contributed by atoms with E-state index < -0.39 is 0 Å². The van der Waals surface area contributed by atoms with Gasteiger partial charge < -0.3 is 5.73 Å². The molecule has 0 aliphatic rings. The van der Waals surface area contributed by atoms with Crippen molar-refractivity contribution in [2.45, 2.75) is 26.2 Å². The molecule has 0 aliphatic heterocycles. The van der Waals surface area contributed by atoms with Gasteiger partial charge in [-0.05, 0) is 5.41 Å². The average Bonchev–Trinajstić information content (AvgIpc) is 2.45. The molecule has 0 unspecified atom stereocenters. The van der Waals surface area contributed by atoms with Crippen molar-refractivity contribution in [2.75, 3.05) is 5.73 Å². The van der Waals surface area contributed by atoms with Gasteiger partial charge in [-0.25, -0.2) is 4.98 Å². The van der Waals surface area contributed by atoms with Crippen LogP contribution in [0, 0.1) is 0 Å². The number of fused-ring (bicyclic) bond motifs is 1. The number of nitrogen functional groups attached to an aromatic ring is 1. The molecule has 0 aromatic carbocycles. The fourth-order valence-electron chi connectivity index (χ4n) is 1.49. The summed E-state index contributed by atoms with van der Waals surface area (Å²) in [7, 11) is 0. The van der Waals surface area contributed by atoms with E-state index in [1.807, 2.05) is 5.38 Å². The number of nitrogens with zero attached hydrogens (tertiary/aromatic N) is 1. The van der Waals surface area contributed by atoms with Gasteiger partial charge in [-0.2, -0.15) is 0 Å². The van der Waals surface area contributed by atoms with Gasteiger partial charge in [-0.1, -0.05) is 20.8 Å². The molecule has 0 fully saturated rings. The summed E-state index contributed by atoms with van der Waals surface area (Å²) in [4.78, 5) is 19.4. The first-order valence-electron chi connectivity index (χ1n) is 4.67. The summed E-state index contributed by atoms with van der Waals surface area (Å²) in [5.41, 5.74) is 6.09. The molecule has 80 valence electrons. The van der Waals surface area contributed by atoms with Gasteiger partial charge in [0.05, 0.1) is 10.9 Å². The number of nitrogens with one attached hydrogen (secondary N) is 1. The van der Waals surface area contributed by atoms with Gasteiger partial charge in [-0.15, -0.1) is 11.3 Å². The van der Waals surface area contributed by atoms with Crippen LogP contribution in [0.15, 0.2) is 10.2 Å². The molecule has 15 heavy (non-hydrogen) atoms. The summed E-state index contributed by atoms with van der Waals surface area (Å²) in [6, 6.07) is 0. The van der Waals surface area contributed by atoms with E-state index in [-0.39, 0.29) is 16.9 Å². The highest BCUT2D eigenvalue weighted by Gasteiger charge is 2.21. The number of H-pyrrole nitrogens is 1. The number of hydrogen-bond acceptors (Lipinski definition) is 4. The number of thiophene rings is 1. The highest BCUT2D eigenvalue weighted by molar-refractivity contribution is 7.11. The minimum Gasteiger partial charge on any atom is -0.369 e. The maximum atomic E-state index is 11.6. The first kappa shape index (κ1) is 10.2. The summed E-state index contributed by atoms with van der Waals surface area (Å²) in [6.45, 7) is 6.28. The largest absolute Gasteiger partial charge is 0.369 e. The van der Waals surface area contributed by atoms with Gasteiger partial charge in [-0.3, -0.25) is 9.78 Å². The van der Waals surface area contributed by atoms with Crippen molar-refractivity contribution < 1.29 is 0 Å². The molecular formula is C10H13N3OS. The van der Waals surface area contributed by atoms with Crippen LogP contribution in [0.4, 0.5) is 5.95 Å². The molecule has 4 nitrogen and oxygen atoms in total. The topological polar surface area (TPSA) is 71.8 Å². The van der Waals surface area contributed by atoms with Gasteiger partial charge in [0.15, 0.2) is 0 Å². The summed E-state index contributed by atoms with van der Waals surface area (Å²) >= 11 is 1.55. The minimum absolute atomic E-state index is 0.0142. The van der Waals surface area contributed by atoms with Crippen molar-refractivity contribution in [2.24, 2.45) is 0 Å². The van der Waals surface area contributed by atoms with Crippen molar-refractivity contribution >= 4 is 28.2 Å². The first-order valence-corrected chi connectivity index (χ1v) is 5.55. The van der Waals surface area contributed by atoms with Crippen LogP contribution in [0.2, 0.25) is 0 Å². The van der Waals surface area contributed by atoms with E-state index in [4.69, 9.17) is 5.73 Å². The lowest BCUT2D eigenvalue weighted by molar-refractivity contribution is 0.607. The molecule has 0 atom stereocenters. The number of aromatic nitrogens is 2. The molecule has 2 heterocycles. The van der Waals surface area contributed by atoms with Gasteiger partial charge in [0.2, 0.25) is 5.95 Å². The third-order valence-electron chi connectivity index (χ3n) is 2.16. The second-order valence-corrected chi connectivity index (χ2v) is 5.41. The smallest absolute Gasteiger partial charge is 0.261 e. The highest BCUT2D eigenvalue weighted by Crippen LogP contribution is 2.33. The predicted octanol–water partition coefficient (Wildman–Crippen LogP) is 1.86. The normalized spacial score (nSPS) is 12.2. The standard InChI is InChI=1S/C10H13N3OS/c1-10(2,3)7-6-5(4-15-7)8(14)13-9(11)12-6/h4H,1-3H3,(H3,11,12,13,14). The number of aromatic amines is 1. The average molecular weight is 223 g/mol. The molecule has 2 aromatic rings. The second kappa shape index (κ2) is 3.06. The molecule has 5 heteroatoms. The molecule has 0 aliphatic carbocycles. The summed E-state index contributed by atoms with van der Waals surface area (Å²) in [5, 5.41) is 2.46. The Kier molecular flexibility index (Phi) is 2.08. The van der Waals surface area contributed by atoms with Crippen LogP contribution in [0.5, 0.6) is 0 Å².